The first-order valence-corrected chi connectivity index (χ1v) is 3.80. The van der Waals surface area contributed by atoms with Crippen LogP contribution in [0.2, 0.25) is 0 Å². The Morgan fingerprint density at radius 1 is 1.36 bits per heavy atom. The van der Waals surface area contributed by atoms with Crippen LogP contribution in [0, 0.1) is 5.92 Å². The van der Waals surface area contributed by atoms with Crippen LogP contribution in [-0.4, -0.2) is 18.4 Å². The fourth-order valence-electron chi connectivity index (χ4n) is 0.863. The van der Waals surface area contributed by atoms with Gasteiger partial charge < -0.3 is 4.74 Å². The molecule has 0 rings (SSSR count). The Balaban J connectivity index is 4.03. The minimum absolute atomic E-state index is 0.119. The number of ketones is 1. The van der Waals surface area contributed by atoms with Gasteiger partial charge in [0.05, 0.1) is 6.61 Å². The van der Waals surface area contributed by atoms with Crippen LogP contribution in [0.15, 0.2) is 0 Å². The van der Waals surface area contributed by atoms with Gasteiger partial charge in [0.2, 0.25) is 0 Å². The van der Waals surface area contributed by atoms with E-state index in [1.54, 1.807) is 13.8 Å². The molecule has 0 saturated heterocycles. The highest BCUT2D eigenvalue weighted by atomic mass is 16.5. The molecule has 0 aromatic carbocycles. The van der Waals surface area contributed by atoms with Gasteiger partial charge in [-0.2, -0.15) is 0 Å². The molecule has 0 bridgehead atoms. The monoisotopic (exact) mass is 158 g/mol. The first kappa shape index (κ1) is 10.1. The summed E-state index contributed by atoms with van der Waals surface area (Å²) in [5.41, 5.74) is 0. The maximum Gasteiger partial charge on any atom is 0.316 e. The van der Waals surface area contributed by atoms with Crippen molar-refractivity contribution in [1.82, 2.24) is 0 Å². The van der Waals surface area contributed by atoms with Crippen molar-refractivity contribution in [2.45, 2.75) is 27.2 Å². The van der Waals surface area contributed by atoms with Crippen molar-refractivity contribution < 1.29 is 14.3 Å². The molecular formula is C8H14O3. The largest absolute Gasteiger partial charge is 0.465 e. The number of ether oxygens (including phenoxy) is 1. The highest BCUT2D eigenvalue weighted by molar-refractivity contribution is 5.97. The lowest BCUT2D eigenvalue weighted by Crippen LogP contribution is -2.23. The van der Waals surface area contributed by atoms with Gasteiger partial charge in [-0.1, -0.05) is 6.92 Å². The third-order valence-corrected chi connectivity index (χ3v) is 1.47. The maximum atomic E-state index is 11.0. The van der Waals surface area contributed by atoms with Gasteiger partial charge in [0.1, 0.15) is 11.7 Å². The third kappa shape index (κ3) is 3.16. The molecule has 3 nitrogen and oxygen atoms in total. The standard InChI is InChI=1S/C8H14O3/c1-4-7(6(3)9)8(10)11-5-2/h7H,4-5H2,1-3H3/t7-/m1/s1. The van der Waals surface area contributed by atoms with Crippen molar-refractivity contribution in [3.63, 3.8) is 0 Å². The van der Waals surface area contributed by atoms with E-state index in [4.69, 9.17) is 4.74 Å². The first-order valence-electron chi connectivity index (χ1n) is 3.80. The van der Waals surface area contributed by atoms with E-state index in [0.29, 0.717) is 13.0 Å². The minimum atomic E-state index is -0.560. The predicted octanol–water partition coefficient (Wildman–Crippen LogP) is 1.16. The average molecular weight is 158 g/mol. The maximum absolute atomic E-state index is 11.0. The zero-order valence-corrected chi connectivity index (χ0v) is 7.22. The molecule has 0 amide bonds. The van der Waals surface area contributed by atoms with Gasteiger partial charge in [-0.3, -0.25) is 9.59 Å². The van der Waals surface area contributed by atoms with Gasteiger partial charge in [-0.05, 0) is 20.3 Å². The van der Waals surface area contributed by atoms with Gasteiger partial charge in [-0.15, -0.1) is 0 Å². The Kier molecular flexibility index (Phi) is 4.50. The molecule has 3 heteroatoms. The molecule has 0 radical (unpaired) electrons. The first-order chi connectivity index (χ1) is 5.13. The number of esters is 1. The van der Waals surface area contributed by atoms with Crippen molar-refractivity contribution in [2.75, 3.05) is 6.61 Å². The lowest BCUT2D eigenvalue weighted by molar-refractivity contribution is -0.151. The summed E-state index contributed by atoms with van der Waals surface area (Å²) in [6.45, 7) is 5.27. The Labute approximate surface area is 66.7 Å². The smallest absolute Gasteiger partial charge is 0.316 e. The summed E-state index contributed by atoms with van der Waals surface area (Å²) in [7, 11) is 0. The molecular weight excluding hydrogens is 144 g/mol. The van der Waals surface area contributed by atoms with Crippen molar-refractivity contribution in [2.24, 2.45) is 5.92 Å². The fraction of sp³-hybridized carbons (Fsp3) is 0.750. The Bertz CT molecular complexity index is 151. The quantitative estimate of drug-likeness (QED) is 0.455. The van der Waals surface area contributed by atoms with Gasteiger partial charge in [0.15, 0.2) is 0 Å². The van der Waals surface area contributed by atoms with Gasteiger partial charge in [0, 0.05) is 0 Å². The van der Waals surface area contributed by atoms with Gasteiger partial charge >= 0.3 is 5.97 Å². The summed E-state index contributed by atoms with van der Waals surface area (Å²) >= 11 is 0. The van der Waals surface area contributed by atoms with Crippen LogP contribution in [0.25, 0.3) is 0 Å². The minimum Gasteiger partial charge on any atom is -0.465 e. The summed E-state index contributed by atoms with van der Waals surface area (Å²) in [6.07, 6.45) is 0.522. The summed E-state index contributed by atoms with van der Waals surface area (Å²) in [5, 5.41) is 0. The average Bonchev–Trinajstić information content (AvgIpc) is 1.88. The van der Waals surface area contributed by atoms with Crippen molar-refractivity contribution in [3.8, 4) is 0 Å². The normalized spacial score (nSPS) is 12.3. The van der Waals surface area contributed by atoms with E-state index in [0.717, 1.165) is 0 Å². The van der Waals surface area contributed by atoms with Crippen LogP contribution in [0.1, 0.15) is 27.2 Å². The Hall–Kier alpha value is -0.860. The molecule has 1 atom stereocenters. The van der Waals surface area contributed by atoms with E-state index in [1.807, 2.05) is 0 Å². The lowest BCUT2D eigenvalue weighted by Gasteiger charge is -2.08. The molecule has 0 aliphatic carbocycles. The van der Waals surface area contributed by atoms with Crippen LogP contribution in [0.3, 0.4) is 0 Å². The topological polar surface area (TPSA) is 43.4 Å². The van der Waals surface area contributed by atoms with Crippen molar-refractivity contribution in [3.05, 3.63) is 0 Å². The van der Waals surface area contributed by atoms with E-state index < -0.39 is 11.9 Å². The van der Waals surface area contributed by atoms with Crippen LogP contribution in [0.4, 0.5) is 0 Å². The number of hydrogen-bond donors (Lipinski definition) is 0. The second-order valence-electron chi connectivity index (χ2n) is 2.32. The second-order valence-corrected chi connectivity index (χ2v) is 2.32. The lowest BCUT2D eigenvalue weighted by atomic mass is 10.0. The number of rotatable bonds is 4. The second kappa shape index (κ2) is 4.88. The molecule has 64 valence electrons. The molecule has 0 fully saturated rings. The number of Topliss-reactive ketones (excluding diaryl/α,β-unsaturated/α-hetero) is 1. The van der Waals surface area contributed by atoms with Crippen molar-refractivity contribution >= 4 is 11.8 Å². The van der Waals surface area contributed by atoms with E-state index in [1.165, 1.54) is 6.92 Å². The van der Waals surface area contributed by atoms with E-state index in [-0.39, 0.29) is 5.78 Å². The number of carbonyl (C=O) groups is 2. The molecule has 0 aliphatic heterocycles. The molecule has 0 aromatic rings. The van der Waals surface area contributed by atoms with E-state index in [2.05, 4.69) is 0 Å². The van der Waals surface area contributed by atoms with Gasteiger partial charge in [-0.25, -0.2) is 0 Å². The zero-order valence-electron chi connectivity index (χ0n) is 7.22. The molecule has 11 heavy (non-hydrogen) atoms. The summed E-state index contributed by atoms with van der Waals surface area (Å²) in [6, 6.07) is 0. The molecule has 0 aliphatic rings. The van der Waals surface area contributed by atoms with Crippen LogP contribution >= 0.6 is 0 Å². The summed E-state index contributed by atoms with van der Waals surface area (Å²) in [5.74, 6) is -1.08. The summed E-state index contributed by atoms with van der Waals surface area (Å²) in [4.78, 5) is 21.8. The Morgan fingerprint density at radius 3 is 2.18 bits per heavy atom. The predicted molar refractivity (Wildman–Crippen MR) is 41.1 cm³/mol. The van der Waals surface area contributed by atoms with Crippen LogP contribution in [-0.2, 0) is 14.3 Å². The van der Waals surface area contributed by atoms with Crippen LogP contribution < -0.4 is 0 Å². The number of hydrogen-bond acceptors (Lipinski definition) is 3. The summed E-state index contributed by atoms with van der Waals surface area (Å²) < 4.78 is 4.70. The molecule has 0 saturated carbocycles. The van der Waals surface area contributed by atoms with E-state index in [9.17, 15) is 9.59 Å². The molecule has 0 unspecified atom stereocenters. The molecule has 0 spiro atoms. The van der Waals surface area contributed by atoms with E-state index >= 15 is 0 Å². The Morgan fingerprint density at radius 2 is 1.91 bits per heavy atom. The molecule has 0 aromatic heterocycles. The third-order valence-electron chi connectivity index (χ3n) is 1.47. The van der Waals surface area contributed by atoms with Crippen molar-refractivity contribution in [1.29, 1.82) is 0 Å². The van der Waals surface area contributed by atoms with Crippen LogP contribution in [0.5, 0.6) is 0 Å². The SMILES string of the molecule is CCOC(=O)[C@H](CC)C(C)=O. The number of carbonyl (C=O) groups excluding carboxylic acids is 2. The van der Waals surface area contributed by atoms with Gasteiger partial charge in [0.25, 0.3) is 0 Å². The fourth-order valence-corrected chi connectivity index (χ4v) is 0.863. The molecule has 0 N–H and O–H groups in total. The highest BCUT2D eigenvalue weighted by Crippen LogP contribution is 2.05. The molecule has 0 heterocycles. The highest BCUT2D eigenvalue weighted by Gasteiger charge is 2.21. The zero-order chi connectivity index (χ0) is 8.85.